The minimum Gasteiger partial charge on any atom is -0.361 e. The predicted octanol–water partition coefficient (Wildman–Crippen LogP) is 3.47. The summed E-state index contributed by atoms with van der Waals surface area (Å²) in [7, 11) is 3.87. The van der Waals surface area contributed by atoms with Crippen LogP contribution in [0.4, 0.5) is 17.5 Å². The van der Waals surface area contributed by atoms with E-state index in [1.807, 2.05) is 19.0 Å². The standard InChI is InChI=1S/C19H27N5OS/c1-14-9-12-26-16(14)7-8-17(25)21-15-13-20-19(22-18(15)23(2)3)24-10-5-4-6-11-24/h9,12-13H,4-8,10-11H2,1-3H3,(H,21,25). The molecular formula is C19H27N5OS. The second-order valence-corrected chi connectivity index (χ2v) is 7.93. The molecule has 1 fully saturated rings. The Hall–Kier alpha value is -2.15. The van der Waals surface area contributed by atoms with Crippen LogP contribution in [-0.2, 0) is 11.2 Å². The smallest absolute Gasteiger partial charge is 0.227 e. The molecule has 0 saturated carbocycles. The zero-order valence-corrected chi connectivity index (χ0v) is 16.6. The van der Waals surface area contributed by atoms with Gasteiger partial charge in [0.15, 0.2) is 5.82 Å². The Kier molecular flexibility index (Phi) is 6.08. The van der Waals surface area contributed by atoms with E-state index in [0.717, 1.165) is 31.3 Å². The van der Waals surface area contributed by atoms with Crippen molar-refractivity contribution < 1.29 is 4.79 Å². The van der Waals surface area contributed by atoms with Crippen molar-refractivity contribution in [3.63, 3.8) is 0 Å². The Bertz CT molecular complexity index is 752. The van der Waals surface area contributed by atoms with Gasteiger partial charge in [-0.2, -0.15) is 4.98 Å². The van der Waals surface area contributed by atoms with Crippen molar-refractivity contribution in [2.75, 3.05) is 42.3 Å². The fraction of sp³-hybridized carbons (Fsp3) is 0.526. The van der Waals surface area contributed by atoms with Gasteiger partial charge >= 0.3 is 0 Å². The lowest BCUT2D eigenvalue weighted by Crippen LogP contribution is -2.31. The summed E-state index contributed by atoms with van der Waals surface area (Å²) in [6.07, 6.45) is 6.60. The minimum atomic E-state index is -0.00442. The molecule has 26 heavy (non-hydrogen) atoms. The number of hydrogen-bond acceptors (Lipinski definition) is 6. The number of nitrogens with one attached hydrogen (secondary N) is 1. The van der Waals surface area contributed by atoms with Crippen LogP contribution in [0, 0.1) is 6.92 Å². The Morgan fingerprint density at radius 2 is 2.08 bits per heavy atom. The number of carbonyl (C=O) groups excluding carboxylic acids is 1. The van der Waals surface area contributed by atoms with E-state index in [1.165, 1.54) is 29.7 Å². The maximum atomic E-state index is 12.4. The highest BCUT2D eigenvalue weighted by Gasteiger charge is 2.17. The largest absolute Gasteiger partial charge is 0.361 e. The van der Waals surface area contributed by atoms with Crippen LogP contribution >= 0.6 is 11.3 Å². The summed E-state index contributed by atoms with van der Waals surface area (Å²) in [6.45, 7) is 4.08. The van der Waals surface area contributed by atoms with Gasteiger partial charge in [0, 0.05) is 38.5 Å². The minimum absolute atomic E-state index is 0.00442. The Balaban J connectivity index is 1.68. The van der Waals surface area contributed by atoms with Gasteiger partial charge < -0.3 is 15.1 Å². The van der Waals surface area contributed by atoms with Crippen molar-refractivity contribution in [1.82, 2.24) is 9.97 Å². The van der Waals surface area contributed by atoms with E-state index in [1.54, 1.807) is 17.5 Å². The normalized spacial score (nSPS) is 14.3. The third-order valence-corrected chi connectivity index (χ3v) is 5.72. The van der Waals surface area contributed by atoms with Gasteiger partial charge in [0.25, 0.3) is 0 Å². The molecule has 1 amide bonds. The van der Waals surface area contributed by atoms with Gasteiger partial charge in [-0.3, -0.25) is 4.79 Å². The van der Waals surface area contributed by atoms with E-state index in [2.05, 4.69) is 33.6 Å². The molecule has 0 spiro atoms. The highest BCUT2D eigenvalue weighted by molar-refractivity contribution is 7.10. The molecule has 6 nitrogen and oxygen atoms in total. The summed E-state index contributed by atoms with van der Waals surface area (Å²) < 4.78 is 0. The van der Waals surface area contributed by atoms with Crippen LogP contribution in [0.2, 0.25) is 0 Å². The van der Waals surface area contributed by atoms with Gasteiger partial charge in [0.1, 0.15) is 5.69 Å². The van der Waals surface area contributed by atoms with E-state index in [0.29, 0.717) is 12.1 Å². The quantitative estimate of drug-likeness (QED) is 0.840. The highest BCUT2D eigenvalue weighted by Crippen LogP contribution is 2.25. The van der Waals surface area contributed by atoms with Crippen LogP contribution in [0.25, 0.3) is 0 Å². The maximum Gasteiger partial charge on any atom is 0.227 e. The topological polar surface area (TPSA) is 61.4 Å². The van der Waals surface area contributed by atoms with Crippen molar-refractivity contribution in [3.05, 3.63) is 28.1 Å². The van der Waals surface area contributed by atoms with Crippen molar-refractivity contribution >= 4 is 34.7 Å². The summed E-state index contributed by atoms with van der Waals surface area (Å²) in [5.74, 6) is 1.50. The number of aryl methyl sites for hydroxylation is 2. The third-order valence-electron chi connectivity index (χ3n) is 4.64. The molecule has 7 heteroatoms. The molecular weight excluding hydrogens is 346 g/mol. The van der Waals surface area contributed by atoms with Crippen LogP contribution < -0.4 is 15.1 Å². The first kappa shape index (κ1) is 18.6. The van der Waals surface area contributed by atoms with E-state index in [-0.39, 0.29) is 5.91 Å². The molecule has 0 aromatic carbocycles. The van der Waals surface area contributed by atoms with E-state index < -0.39 is 0 Å². The summed E-state index contributed by atoms with van der Waals surface area (Å²) >= 11 is 1.71. The summed E-state index contributed by atoms with van der Waals surface area (Å²) in [6, 6.07) is 2.09. The van der Waals surface area contributed by atoms with Crippen molar-refractivity contribution in [1.29, 1.82) is 0 Å². The number of thiophene rings is 1. The second-order valence-electron chi connectivity index (χ2n) is 6.92. The van der Waals surface area contributed by atoms with Crippen molar-refractivity contribution in [3.8, 4) is 0 Å². The first-order chi connectivity index (χ1) is 12.5. The number of piperidine rings is 1. The molecule has 140 valence electrons. The van der Waals surface area contributed by atoms with Gasteiger partial charge in [-0.1, -0.05) is 0 Å². The Morgan fingerprint density at radius 3 is 2.73 bits per heavy atom. The Morgan fingerprint density at radius 1 is 1.31 bits per heavy atom. The molecule has 3 rings (SSSR count). The molecule has 3 heterocycles. The average molecular weight is 374 g/mol. The number of hydrogen-bond donors (Lipinski definition) is 1. The van der Waals surface area contributed by atoms with Crippen LogP contribution in [0.15, 0.2) is 17.6 Å². The number of rotatable bonds is 6. The molecule has 1 N–H and O–H groups in total. The van der Waals surface area contributed by atoms with Gasteiger partial charge in [0.2, 0.25) is 11.9 Å². The lowest BCUT2D eigenvalue weighted by atomic mass is 10.1. The van der Waals surface area contributed by atoms with Gasteiger partial charge in [-0.15, -0.1) is 11.3 Å². The molecule has 1 aliphatic rings. The molecule has 0 unspecified atom stereocenters. The Labute approximate surface area is 159 Å². The zero-order chi connectivity index (χ0) is 18.5. The molecule has 0 aliphatic carbocycles. The van der Waals surface area contributed by atoms with E-state index in [4.69, 9.17) is 4.98 Å². The van der Waals surface area contributed by atoms with Crippen LogP contribution in [-0.4, -0.2) is 43.1 Å². The SMILES string of the molecule is Cc1ccsc1CCC(=O)Nc1cnc(N2CCCCC2)nc1N(C)C. The molecule has 0 atom stereocenters. The van der Waals surface area contributed by atoms with Crippen LogP contribution in [0.5, 0.6) is 0 Å². The predicted molar refractivity (Wildman–Crippen MR) is 108 cm³/mol. The highest BCUT2D eigenvalue weighted by atomic mass is 32.1. The lowest BCUT2D eigenvalue weighted by Gasteiger charge is -2.28. The first-order valence-corrected chi connectivity index (χ1v) is 10.0. The number of nitrogens with zero attached hydrogens (tertiary/aromatic N) is 4. The number of anilines is 3. The van der Waals surface area contributed by atoms with Crippen molar-refractivity contribution in [2.45, 2.75) is 39.0 Å². The van der Waals surface area contributed by atoms with Crippen LogP contribution in [0.1, 0.15) is 36.1 Å². The lowest BCUT2D eigenvalue weighted by molar-refractivity contribution is -0.116. The number of aromatic nitrogens is 2. The molecule has 2 aromatic rings. The summed E-state index contributed by atoms with van der Waals surface area (Å²) in [4.78, 5) is 27.0. The van der Waals surface area contributed by atoms with E-state index >= 15 is 0 Å². The van der Waals surface area contributed by atoms with E-state index in [9.17, 15) is 4.79 Å². The fourth-order valence-electron chi connectivity index (χ4n) is 3.14. The molecule has 2 aromatic heterocycles. The summed E-state index contributed by atoms with van der Waals surface area (Å²) in [5, 5.41) is 5.05. The first-order valence-electron chi connectivity index (χ1n) is 9.16. The number of amides is 1. The van der Waals surface area contributed by atoms with Gasteiger partial charge in [-0.05, 0) is 49.6 Å². The monoisotopic (exact) mass is 373 g/mol. The maximum absolute atomic E-state index is 12.4. The number of carbonyl (C=O) groups is 1. The molecule has 0 radical (unpaired) electrons. The third kappa shape index (κ3) is 4.52. The molecule has 0 bridgehead atoms. The van der Waals surface area contributed by atoms with Gasteiger partial charge in [-0.25, -0.2) is 4.98 Å². The molecule has 1 saturated heterocycles. The average Bonchev–Trinajstić information content (AvgIpc) is 3.06. The fourth-order valence-corrected chi connectivity index (χ4v) is 4.05. The van der Waals surface area contributed by atoms with Crippen LogP contribution in [0.3, 0.4) is 0 Å². The zero-order valence-electron chi connectivity index (χ0n) is 15.8. The van der Waals surface area contributed by atoms with Crippen molar-refractivity contribution in [2.24, 2.45) is 0 Å². The summed E-state index contributed by atoms with van der Waals surface area (Å²) in [5.41, 5.74) is 1.93. The second kappa shape index (κ2) is 8.49. The molecule has 1 aliphatic heterocycles. The van der Waals surface area contributed by atoms with Gasteiger partial charge in [0.05, 0.1) is 6.20 Å².